The van der Waals surface area contributed by atoms with Gasteiger partial charge in [0.1, 0.15) is 12.4 Å². The standard InChI is InChI=1S/C23H25N3O3S/c1-14-8-5-6-9-16(14)12-29-21-17(10-7-11-18(21)28-4)22-20-15(2)25-26(3)23(20)24-19(27)13-30-22/h5-11,22H,12-13H2,1-4H3,(H,24,27). The Morgan fingerprint density at radius 2 is 2.00 bits per heavy atom. The number of amides is 1. The highest BCUT2D eigenvalue weighted by Gasteiger charge is 2.32. The van der Waals surface area contributed by atoms with Crippen LogP contribution in [-0.4, -0.2) is 28.6 Å². The fourth-order valence-electron chi connectivity index (χ4n) is 3.77. The van der Waals surface area contributed by atoms with E-state index < -0.39 is 0 Å². The summed E-state index contributed by atoms with van der Waals surface area (Å²) < 4.78 is 13.7. The first-order valence-corrected chi connectivity index (χ1v) is 10.8. The topological polar surface area (TPSA) is 65.4 Å². The predicted molar refractivity (Wildman–Crippen MR) is 119 cm³/mol. The summed E-state index contributed by atoms with van der Waals surface area (Å²) in [7, 11) is 3.49. The molecule has 1 N–H and O–H groups in total. The number of anilines is 1. The van der Waals surface area contributed by atoms with Crippen LogP contribution < -0.4 is 14.8 Å². The van der Waals surface area contributed by atoms with E-state index >= 15 is 0 Å². The van der Waals surface area contributed by atoms with Crippen molar-refractivity contribution in [2.24, 2.45) is 7.05 Å². The van der Waals surface area contributed by atoms with Gasteiger partial charge in [-0.25, -0.2) is 0 Å². The second kappa shape index (κ2) is 8.44. The van der Waals surface area contributed by atoms with Crippen molar-refractivity contribution in [3.05, 3.63) is 70.4 Å². The summed E-state index contributed by atoms with van der Waals surface area (Å²) in [4.78, 5) is 12.3. The van der Waals surface area contributed by atoms with Crippen molar-refractivity contribution < 1.29 is 14.3 Å². The van der Waals surface area contributed by atoms with Crippen molar-refractivity contribution in [2.75, 3.05) is 18.2 Å². The van der Waals surface area contributed by atoms with Crippen molar-refractivity contribution in [3.63, 3.8) is 0 Å². The second-order valence-corrected chi connectivity index (χ2v) is 8.40. The Morgan fingerprint density at radius 1 is 1.20 bits per heavy atom. The summed E-state index contributed by atoms with van der Waals surface area (Å²) in [5, 5.41) is 7.43. The van der Waals surface area contributed by atoms with Crippen LogP contribution in [0.25, 0.3) is 0 Å². The van der Waals surface area contributed by atoms with E-state index in [1.165, 1.54) is 5.56 Å². The average molecular weight is 424 g/mol. The number of fused-ring (bicyclic) bond motifs is 1. The van der Waals surface area contributed by atoms with Gasteiger partial charge in [0.05, 0.1) is 23.8 Å². The number of rotatable bonds is 5. The molecule has 1 unspecified atom stereocenters. The van der Waals surface area contributed by atoms with E-state index in [1.54, 1.807) is 23.6 Å². The van der Waals surface area contributed by atoms with Gasteiger partial charge in [0, 0.05) is 18.2 Å². The van der Waals surface area contributed by atoms with Crippen LogP contribution in [0.1, 0.15) is 33.2 Å². The molecule has 0 bridgehead atoms. The molecule has 0 fully saturated rings. The van der Waals surface area contributed by atoms with E-state index in [1.807, 2.05) is 44.3 Å². The molecule has 4 rings (SSSR count). The molecule has 1 atom stereocenters. The monoisotopic (exact) mass is 423 g/mol. The minimum atomic E-state index is -0.102. The fourth-order valence-corrected chi connectivity index (χ4v) is 4.97. The van der Waals surface area contributed by atoms with E-state index in [2.05, 4.69) is 29.5 Å². The van der Waals surface area contributed by atoms with Crippen LogP contribution in [0.15, 0.2) is 42.5 Å². The highest BCUT2D eigenvalue weighted by Crippen LogP contribution is 2.48. The van der Waals surface area contributed by atoms with Crippen molar-refractivity contribution in [3.8, 4) is 11.5 Å². The highest BCUT2D eigenvalue weighted by atomic mass is 32.2. The van der Waals surface area contributed by atoms with Crippen LogP contribution in [0.5, 0.6) is 11.5 Å². The fraction of sp³-hybridized carbons (Fsp3) is 0.304. The number of nitrogens with zero attached hydrogens (tertiary/aromatic N) is 2. The van der Waals surface area contributed by atoms with E-state index in [9.17, 15) is 4.79 Å². The van der Waals surface area contributed by atoms with E-state index in [4.69, 9.17) is 9.47 Å². The molecule has 0 aliphatic carbocycles. The van der Waals surface area contributed by atoms with Crippen molar-refractivity contribution in [1.82, 2.24) is 9.78 Å². The normalized spacial score (nSPS) is 15.9. The van der Waals surface area contributed by atoms with Gasteiger partial charge in [-0.2, -0.15) is 5.10 Å². The summed E-state index contributed by atoms with van der Waals surface area (Å²) in [6, 6.07) is 14.1. The lowest BCUT2D eigenvalue weighted by molar-refractivity contribution is -0.113. The molecule has 1 aromatic heterocycles. The molecule has 0 saturated heterocycles. The number of aromatic nitrogens is 2. The van der Waals surface area contributed by atoms with E-state index in [-0.39, 0.29) is 11.2 Å². The molecule has 2 heterocycles. The first-order chi connectivity index (χ1) is 14.5. The molecular weight excluding hydrogens is 398 g/mol. The molecule has 1 aliphatic rings. The van der Waals surface area contributed by atoms with Crippen LogP contribution in [0.2, 0.25) is 0 Å². The minimum Gasteiger partial charge on any atom is -0.493 e. The number of nitrogens with one attached hydrogen (secondary N) is 1. The maximum atomic E-state index is 12.3. The molecule has 3 aromatic rings. The zero-order valence-corrected chi connectivity index (χ0v) is 18.4. The van der Waals surface area contributed by atoms with Crippen LogP contribution in [0.3, 0.4) is 0 Å². The van der Waals surface area contributed by atoms with Crippen molar-refractivity contribution in [2.45, 2.75) is 25.7 Å². The Morgan fingerprint density at radius 3 is 2.77 bits per heavy atom. The Kier molecular flexibility index (Phi) is 5.72. The van der Waals surface area contributed by atoms with Gasteiger partial charge in [0.2, 0.25) is 5.91 Å². The first kappa shape index (κ1) is 20.3. The van der Waals surface area contributed by atoms with Gasteiger partial charge in [0.15, 0.2) is 11.5 Å². The van der Waals surface area contributed by atoms with Gasteiger partial charge in [-0.15, -0.1) is 11.8 Å². The number of para-hydroxylation sites is 1. The lowest BCUT2D eigenvalue weighted by atomic mass is 10.0. The predicted octanol–water partition coefficient (Wildman–Crippen LogP) is 4.40. The summed E-state index contributed by atoms with van der Waals surface area (Å²) >= 11 is 1.57. The Bertz CT molecular complexity index is 1090. The van der Waals surface area contributed by atoms with Crippen molar-refractivity contribution >= 4 is 23.5 Å². The summed E-state index contributed by atoms with van der Waals surface area (Å²) in [6.45, 7) is 4.48. The number of thioether (sulfide) groups is 1. The van der Waals surface area contributed by atoms with Gasteiger partial charge in [-0.05, 0) is 31.0 Å². The molecule has 6 nitrogen and oxygen atoms in total. The summed E-state index contributed by atoms with van der Waals surface area (Å²) in [5.41, 5.74) is 5.17. The van der Waals surface area contributed by atoms with Gasteiger partial charge >= 0.3 is 0 Å². The second-order valence-electron chi connectivity index (χ2n) is 7.30. The van der Waals surface area contributed by atoms with Crippen molar-refractivity contribution in [1.29, 1.82) is 0 Å². The molecule has 7 heteroatoms. The first-order valence-electron chi connectivity index (χ1n) is 9.78. The molecular formula is C23H25N3O3S. The number of aryl methyl sites for hydroxylation is 3. The van der Waals surface area contributed by atoms with Crippen LogP contribution in [-0.2, 0) is 18.4 Å². The third kappa shape index (κ3) is 3.77. The Labute approximate surface area is 180 Å². The van der Waals surface area contributed by atoms with E-state index in [0.717, 1.165) is 28.2 Å². The SMILES string of the molecule is COc1cccc(C2SCC(=O)Nc3c2c(C)nn3C)c1OCc1ccccc1C. The third-order valence-electron chi connectivity index (χ3n) is 5.31. The smallest absolute Gasteiger partial charge is 0.235 e. The Hall–Kier alpha value is -2.93. The molecule has 0 saturated carbocycles. The zero-order valence-electron chi connectivity index (χ0n) is 17.6. The van der Waals surface area contributed by atoms with E-state index in [0.29, 0.717) is 23.9 Å². The van der Waals surface area contributed by atoms with Gasteiger partial charge < -0.3 is 14.8 Å². The molecule has 0 spiro atoms. The van der Waals surface area contributed by atoms with Crippen LogP contribution >= 0.6 is 11.8 Å². The molecule has 30 heavy (non-hydrogen) atoms. The van der Waals surface area contributed by atoms with Gasteiger partial charge in [-0.3, -0.25) is 9.48 Å². The maximum absolute atomic E-state index is 12.3. The quantitative estimate of drug-likeness (QED) is 0.659. The molecule has 1 aliphatic heterocycles. The lowest BCUT2D eigenvalue weighted by Gasteiger charge is -2.21. The summed E-state index contributed by atoms with van der Waals surface area (Å²) in [5.74, 6) is 2.43. The van der Waals surface area contributed by atoms with Crippen LogP contribution in [0, 0.1) is 13.8 Å². The number of hydrogen-bond acceptors (Lipinski definition) is 5. The lowest BCUT2D eigenvalue weighted by Crippen LogP contribution is -2.15. The van der Waals surface area contributed by atoms with Gasteiger partial charge in [0.25, 0.3) is 0 Å². The average Bonchev–Trinajstić information content (AvgIpc) is 2.90. The third-order valence-corrected chi connectivity index (χ3v) is 6.57. The number of carbonyl (C=O) groups is 1. The molecule has 0 radical (unpaired) electrons. The number of carbonyl (C=O) groups excluding carboxylic acids is 1. The van der Waals surface area contributed by atoms with Gasteiger partial charge in [-0.1, -0.05) is 36.4 Å². The molecule has 156 valence electrons. The number of methoxy groups -OCH3 is 1. The largest absolute Gasteiger partial charge is 0.493 e. The number of benzene rings is 2. The zero-order chi connectivity index (χ0) is 21.3. The maximum Gasteiger partial charge on any atom is 0.235 e. The summed E-state index contributed by atoms with van der Waals surface area (Å²) in [6.07, 6.45) is 0. The highest BCUT2D eigenvalue weighted by molar-refractivity contribution is 8.00. The Balaban J connectivity index is 1.78. The van der Waals surface area contributed by atoms with Crippen LogP contribution in [0.4, 0.5) is 5.82 Å². The minimum absolute atomic E-state index is 0.0305. The molecule has 2 aromatic carbocycles. The number of hydrogen-bond donors (Lipinski definition) is 1. The number of ether oxygens (including phenoxy) is 2. The molecule has 1 amide bonds.